The number of aliphatic imine (C=N–C) groups is 1. The normalized spacial score (nSPS) is 11.1. The number of aryl methyl sites for hydroxylation is 1. The topological polar surface area (TPSA) is 41.4 Å². The van der Waals surface area contributed by atoms with Crippen molar-refractivity contribution >= 4 is 23.9 Å². The SMILES string of the molecule is CCc1ccc(C#Cc2cnc(/N=C/N(C(C)C)C(C)C)nc2Cl)cc1. The van der Waals surface area contributed by atoms with Crippen LogP contribution in [0.3, 0.4) is 0 Å². The first-order valence-electron chi connectivity index (χ1n) is 8.85. The molecule has 0 saturated heterocycles. The average molecular weight is 369 g/mol. The van der Waals surface area contributed by atoms with Crippen molar-refractivity contribution in [2.75, 3.05) is 0 Å². The zero-order valence-corrected chi connectivity index (χ0v) is 16.7. The Labute approximate surface area is 161 Å². The Balaban J connectivity index is 2.15. The monoisotopic (exact) mass is 368 g/mol. The summed E-state index contributed by atoms with van der Waals surface area (Å²) in [6.45, 7) is 10.6. The van der Waals surface area contributed by atoms with Gasteiger partial charge in [-0.2, -0.15) is 4.98 Å². The highest BCUT2D eigenvalue weighted by Gasteiger charge is 2.09. The molecule has 5 heteroatoms. The van der Waals surface area contributed by atoms with Crippen LogP contribution in [0.1, 0.15) is 51.3 Å². The largest absolute Gasteiger partial charge is 0.358 e. The van der Waals surface area contributed by atoms with Crippen LogP contribution in [0.25, 0.3) is 0 Å². The van der Waals surface area contributed by atoms with Crippen LogP contribution in [0, 0.1) is 11.8 Å². The Kier molecular flexibility index (Phi) is 7.17. The minimum Gasteiger partial charge on any atom is -0.358 e. The van der Waals surface area contributed by atoms with Gasteiger partial charge in [-0.05, 0) is 51.8 Å². The summed E-state index contributed by atoms with van der Waals surface area (Å²) in [6, 6.07) is 8.86. The molecule has 0 bridgehead atoms. The van der Waals surface area contributed by atoms with Gasteiger partial charge in [-0.25, -0.2) is 9.98 Å². The molecule has 0 radical (unpaired) electrons. The molecule has 0 N–H and O–H groups in total. The fraction of sp³-hybridized carbons (Fsp3) is 0.381. The first-order valence-corrected chi connectivity index (χ1v) is 9.23. The fourth-order valence-electron chi connectivity index (χ4n) is 2.44. The van der Waals surface area contributed by atoms with E-state index in [1.807, 2.05) is 12.1 Å². The van der Waals surface area contributed by atoms with Crippen molar-refractivity contribution in [3.8, 4) is 11.8 Å². The summed E-state index contributed by atoms with van der Waals surface area (Å²) < 4.78 is 0. The lowest BCUT2D eigenvalue weighted by Crippen LogP contribution is -2.35. The first kappa shape index (κ1) is 19.9. The third-order valence-electron chi connectivity index (χ3n) is 3.93. The molecule has 0 saturated carbocycles. The molecule has 0 aliphatic heterocycles. The second-order valence-electron chi connectivity index (χ2n) is 6.55. The molecule has 2 aromatic rings. The molecular weight excluding hydrogens is 344 g/mol. The van der Waals surface area contributed by atoms with Crippen molar-refractivity contribution < 1.29 is 0 Å². The van der Waals surface area contributed by atoms with Gasteiger partial charge < -0.3 is 4.90 Å². The Bertz CT molecular complexity index is 806. The third kappa shape index (κ3) is 5.57. The molecule has 0 fully saturated rings. The Morgan fingerprint density at radius 2 is 1.77 bits per heavy atom. The molecule has 2 rings (SSSR count). The van der Waals surface area contributed by atoms with Gasteiger partial charge in [-0.3, -0.25) is 0 Å². The molecular formula is C21H25ClN4. The molecule has 0 aliphatic rings. The third-order valence-corrected chi connectivity index (χ3v) is 4.22. The van der Waals surface area contributed by atoms with Gasteiger partial charge >= 0.3 is 0 Å². The van der Waals surface area contributed by atoms with Crippen LogP contribution < -0.4 is 0 Å². The Morgan fingerprint density at radius 3 is 2.31 bits per heavy atom. The van der Waals surface area contributed by atoms with E-state index in [1.165, 1.54) is 5.56 Å². The highest BCUT2D eigenvalue weighted by molar-refractivity contribution is 6.30. The quantitative estimate of drug-likeness (QED) is 0.327. The molecule has 1 heterocycles. The second-order valence-corrected chi connectivity index (χ2v) is 6.91. The lowest BCUT2D eigenvalue weighted by molar-refractivity contribution is 0.301. The molecule has 26 heavy (non-hydrogen) atoms. The van der Waals surface area contributed by atoms with Crippen LogP contribution in [0.15, 0.2) is 35.5 Å². The maximum Gasteiger partial charge on any atom is 0.252 e. The van der Waals surface area contributed by atoms with Gasteiger partial charge in [-0.1, -0.05) is 42.5 Å². The van der Waals surface area contributed by atoms with E-state index in [0.717, 1.165) is 12.0 Å². The number of benzene rings is 1. The Morgan fingerprint density at radius 1 is 1.12 bits per heavy atom. The molecule has 0 unspecified atom stereocenters. The van der Waals surface area contributed by atoms with Gasteiger partial charge in [-0.15, -0.1) is 0 Å². The lowest BCUT2D eigenvalue weighted by atomic mass is 10.1. The number of rotatable bonds is 5. The lowest BCUT2D eigenvalue weighted by Gasteiger charge is -2.27. The molecule has 0 amide bonds. The van der Waals surface area contributed by atoms with E-state index in [0.29, 0.717) is 28.7 Å². The van der Waals surface area contributed by atoms with Gasteiger partial charge in [0.25, 0.3) is 5.95 Å². The highest BCUT2D eigenvalue weighted by atomic mass is 35.5. The summed E-state index contributed by atoms with van der Waals surface area (Å²) in [5.41, 5.74) is 2.82. The minimum atomic E-state index is 0.311. The second kappa shape index (κ2) is 9.35. The number of halogens is 1. The number of hydrogen-bond donors (Lipinski definition) is 0. The van der Waals surface area contributed by atoms with Gasteiger partial charge in [0.05, 0.1) is 11.9 Å². The number of aromatic nitrogens is 2. The fourth-order valence-corrected chi connectivity index (χ4v) is 2.61. The predicted molar refractivity (Wildman–Crippen MR) is 109 cm³/mol. The molecule has 0 spiro atoms. The van der Waals surface area contributed by atoms with E-state index >= 15 is 0 Å². The van der Waals surface area contributed by atoms with Crippen molar-refractivity contribution in [3.05, 3.63) is 52.3 Å². The molecule has 4 nitrogen and oxygen atoms in total. The van der Waals surface area contributed by atoms with Crippen LogP contribution in [0.5, 0.6) is 0 Å². The van der Waals surface area contributed by atoms with Gasteiger partial charge in [0.2, 0.25) is 0 Å². The predicted octanol–water partition coefficient (Wildman–Crippen LogP) is 4.87. The van der Waals surface area contributed by atoms with Crippen molar-refractivity contribution in [1.82, 2.24) is 14.9 Å². The van der Waals surface area contributed by atoms with Crippen molar-refractivity contribution in [1.29, 1.82) is 0 Å². The summed E-state index contributed by atoms with van der Waals surface area (Å²) in [4.78, 5) is 14.9. The van der Waals surface area contributed by atoms with Crippen molar-refractivity contribution in [2.45, 2.75) is 53.1 Å². The zero-order chi connectivity index (χ0) is 19.1. The summed E-state index contributed by atoms with van der Waals surface area (Å²) in [5, 5.41) is 0.311. The Hall–Kier alpha value is -2.38. The average Bonchev–Trinajstić information content (AvgIpc) is 2.61. The van der Waals surface area contributed by atoms with E-state index in [4.69, 9.17) is 11.6 Å². The number of hydrogen-bond acceptors (Lipinski definition) is 3. The van der Waals surface area contributed by atoms with Gasteiger partial charge in [0.15, 0.2) is 0 Å². The van der Waals surface area contributed by atoms with Crippen molar-refractivity contribution in [2.24, 2.45) is 4.99 Å². The summed E-state index contributed by atoms with van der Waals surface area (Å²) in [5.74, 6) is 6.45. The number of nitrogens with zero attached hydrogens (tertiary/aromatic N) is 4. The van der Waals surface area contributed by atoms with Gasteiger partial charge in [0.1, 0.15) is 5.15 Å². The molecule has 0 aliphatic carbocycles. The standard InChI is InChI=1S/C21H25ClN4/c1-6-17-7-9-18(10-8-17)11-12-19-13-23-21(25-20(19)22)24-14-26(15(2)3)16(4)5/h7-10,13-16H,6H2,1-5H3/b24-14+. The zero-order valence-electron chi connectivity index (χ0n) is 16.0. The van der Waals surface area contributed by atoms with Crippen molar-refractivity contribution in [3.63, 3.8) is 0 Å². The van der Waals surface area contributed by atoms with Crippen LogP contribution in [-0.2, 0) is 6.42 Å². The van der Waals surface area contributed by atoms with E-state index in [9.17, 15) is 0 Å². The minimum absolute atomic E-state index is 0.311. The van der Waals surface area contributed by atoms with E-state index < -0.39 is 0 Å². The maximum absolute atomic E-state index is 6.24. The summed E-state index contributed by atoms with van der Waals surface area (Å²) in [7, 11) is 0. The van der Waals surface area contributed by atoms with Gasteiger partial charge in [0, 0.05) is 23.8 Å². The molecule has 0 atom stereocenters. The van der Waals surface area contributed by atoms with E-state index in [1.54, 1.807) is 12.5 Å². The molecule has 1 aromatic carbocycles. The highest BCUT2D eigenvalue weighted by Crippen LogP contribution is 2.15. The van der Waals surface area contributed by atoms with E-state index in [-0.39, 0.29) is 0 Å². The van der Waals surface area contributed by atoms with Crippen LogP contribution >= 0.6 is 11.6 Å². The molecule has 1 aromatic heterocycles. The van der Waals surface area contributed by atoms with Crippen LogP contribution in [-0.4, -0.2) is 33.3 Å². The smallest absolute Gasteiger partial charge is 0.252 e. The first-order chi connectivity index (χ1) is 12.4. The maximum atomic E-state index is 6.24. The van der Waals surface area contributed by atoms with Crippen LogP contribution in [0.2, 0.25) is 5.15 Å². The van der Waals surface area contributed by atoms with E-state index in [2.05, 4.69) is 78.5 Å². The summed E-state index contributed by atoms with van der Waals surface area (Å²) in [6.07, 6.45) is 4.40. The van der Waals surface area contributed by atoms with Crippen LogP contribution in [0.4, 0.5) is 5.95 Å². The molecule has 136 valence electrons. The summed E-state index contributed by atoms with van der Waals surface area (Å²) >= 11 is 6.24.